The minimum Gasteiger partial charge on any atom is -0.310 e. The molecule has 17 heavy (non-hydrogen) atoms. The molecule has 0 saturated carbocycles. The van der Waals surface area contributed by atoms with Gasteiger partial charge in [-0.25, -0.2) is 0 Å². The third kappa shape index (κ3) is 4.81. The van der Waals surface area contributed by atoms with Crippen LogP contribution in [-0.2, 0) is 0 Å². The second kappa shape index (κ2) is 7.88. The molecule has 1 aromatic rings. The van der Waals surface area contributed by atoms with Crippen molar-refractivity contribution in [3.63, 3.8) is 0 Å². The van der Waals surface area contributed by atoms with Crippen molar-refractivity contribution in [2.45, 2.75) is 65.8 Å². The number of unbranched alkanes of at least 4 members (excludes halogenated alkanes) is 2. The molecule has 0 aliphatic rings. The van der Waals surface area contributed by atoms with Gasteiger partial charge in [-0.15, -0.1) is 11.3 Å². The molecule has 0 radical (unpaired) electrons. The van der Waals surface area contributed by atoms with Crippen LogP contribution in [0.1, 0.15) is 67.3 Å². The van der Waals surface area contributed by atoms with E-state index in [1.807, 2.05) is 11.3 Å². The zero-order valence-electron chi connectivity index (χ0n) is 11.8. The Morgan fingerprint density at radius 3 is 2.47 bits per heavy atom. The maximum Gasteiger partial charge on any atom is 0.0331 e. The Hall–Kier alpha value is -0.340. The highest BCUT2D eigenvalue weighted by Crippen LogP contribution is 2.29. The summed E-state index contributed by atoms with van der Waals surface area (Å²) in [5.74, 6) is 0. The highest BCUT2D eigenvalue weighted by molar-refractivity contribution is 7.12. The SMILES string of the molecule is CCCCCC(NCCC)c1cc(C)sc1C. The largest absolute Gasteiger partial charge is 0.310 e. The van der Waals surface area contributed by atoms with Gasteiger partial charge in [0.1, 0.15) is 0 Å². The van der Waals surface area contributed by atoms with Crippen molar-refractivity contribution in [2.75, 3.05) is 6.54 Å². The van der Waals surface area contributed by atoms with E-state index in [1.54, 1.807) is 0 Å². The highest BCUT2D eigenvalue weighted by atomic mass is 32.1. The summed E-state index contributed by atoms with van der Waals surface area (Å²) in [6, 6.07) is 2.95. The molecule has 0 bridgehead atoms. The maximum atomic E-state index is 3.71. The quantitative estimate of drug-likeness (QED) is 0.644. The van der Waals surface area contributed by atoms with Gasteiger partial charge in [0.2, 0.25) is 0 Å². The smallest absolute Gasteiger partial charge is 0.0331 e. The molecule has 1 nitrogen and oxygen atoms in total. The van der Waals surface area contributed by atoms with Gasteiger partial charge < -0.3 is 5.32 Å². The molecule has 98 valence electrons. The van der Waals surface area contributed by atoms with E-state index in [0.29, 0.717) is 6.04 Å². The molecular formula is C15H27NS. The molecule has 0 amide bonds. The first-order chi connectivity index (χ1) is 8.19. The summed E-state index contributed by atoms with van der Waals surface area (Å²) in [5, 5.41) is 3.71. The number of hydrogen-bond acceptors (Lipinski definition) is 2. The normalized spacial score (nSPS) is 12.9. The summed E-state index contributed by atoms with van der Waals surface area (Å²) in [6.07, 6.45) is 6.50. The zero-order valence-corrected chi connectivity index (χ0v) is 12.6. The average molecular weight is 253 g/mol. The third-order valence-electron chi connectivity index (χ3n) is 3.19. The second-order valence-electron chi connectivity index (χ2n) is 4.87. The summed E-state index contributed by atoms with van der Waals surface area (Å²) in [4.78, 5) is 2.93. The first kappa shape index (κ1) is 14.7. The van der Waals surface area contributed by atoms with E-state index in [4.69, 9.17) is 0 Å². The lowest BCUT2D eigenvalue weighted by Crippen LogP contribution is -2.22. The molecule has 0 spiro atoms. The van der Waals surface area contributed by atoms with Crippen molar-refractivity contribution in [3.8, 4) is 0 Å². The molecule has 1 N–H and O–H groups in total. The minimum absolute atomic E-state index is 0.575. The van der Waals surface area contributed by atoms with Crippen LogP contribution in [-0.4, -0.2) is 6.54 Å². The lowest BCUT2D eigenvalue weighted by Gasteiger charge is -2.18. The fraction of sp³-hybridized carbons (Fsp3) is 0.733. The summed E-state index contributed by atoms with van der Waals surface area (Å²) in [5.41, 5.74) is 1.54. The van der Waals surface area contributed by atoms with Crippen LogP contribution >= 0.6 is 11.3 Å². The maximum absolute atomic E-state index is 3.71. The molecular weight excluding hydrogens is 226 g/mol. The summed E-state index contributed by atoms with van der Waals surface area (Å²) in [7, 11) is 0. The first-order valence-electron chi connectivity index (χ1n) is 6.99. The number of hydrogen-bond donors (Lipinski definition) is 1. The van der Waals surface area contributed by atoms with Crippen molar-refractivity contribution >= 4 is 11.3 Å². The predicted octanol–water partition coefficient (Wildman–Crippen LogP) is 4.99. The Balaban J connectivity index is 2.64. The molecule has 0 saturated heterocycles. The number of rotatable bonds is 8. The number of thiophene rings is 1. The van der Waals surface area contributed by atoms with Crippen LogP contribution in [0.25, 0.3) is 0 Å². The van der Waals surface area contributed by atoms with Crippen LogP contribution in [0.3, 0.4) is 0 Å². The molecule has 2 heteroatoms. The zero-order chi connectivity index (χ0) is 12.7. The minimum atomic E-state index is 0.575. The van der Waals surface area contributed by atoms with E-state index in [2.05, 4.69) is 39.1 Å². The number of nitrogens with one attached hydrogen (secondary N) is 1. The molecule has 1 heterocycles. The summed E-state index contributed by atoms with van der Waals surface area (Å²) < 4.78 is 0. The Labute approximate surface area is 111 Å². The predicted molar refractivity (Wildman–Crippen MR) is 79.0 cm³/mol. The van der Waals surface area contributed by atoms with Gasteiger partial charge >= 0.3 is 0 Å². The van der Waals surface area contributed by atoms with Crippen molar-refractivity contribution in [1.82, 2.24) is 5.32 Å². The molecule has 1 unspecified atom stereocenters. The topological polar surface area (TPSA) is 12.0 Å². The van der Waals surface area contributed by atoms with E-state index >= 15 is 0 Å². The van der Waals surface area contributed by atoms with Gasteiger partial charge in [-0.1, -0.05) is 33.1 Å². The second-order valence-corrected chi connectivity index (χ2v) is 6.33. The van der Waals surface area contributed by atoms with Crippen molar-refractivity contribution in [2.24, 2.45) is 0 Å². The lowest BCUT2D eigenvalue weighted by atomic mass is 10.0. The molecule has 0 fully saturated rings. The van der Waals surface area contributed by atoms with Crippen LogP contribution in [0.5, 0.6) is 0 Å². The Morgan fingerprint density at radius 2 is 1.94 bits per heavy atom. The molecule has 0 aliphatic heterocycles. The van der Waals surface area contributed by atoms with E-state index in [1.165, 1.54) is 47.4 Å². The monoisotopic (exact) mass is 253 g/mol. The van der Waals surface area contributed by atoms with Gasteiger partial charge in [0.25, 0.3) is 0 Å². The summed E-state index contributed by atoms with van der Waals surface area (Å²) >= 11 is 1.93. The van der Waals surface area contributed by atoms with Gasteiger partial charge in [0.15, 0.2) is 0 Å². The number of aryl methyl sites for hydroxylation is 2. The average Bonchev–Trinajstić information content (AvgIpc) is 2.63. The van der Waals surface area contributed by atoms with Gasteiger partial charge in [0, 0.05) is 15.8 Å². The van der Waals surface area contributed by atoms with Gasteiger partial charge in [-0.05, 0) is 44.9 Å². The van der Waals surface area contributed by atoms with Crippen molar-refractivity contribution < 1.29 is 0 Å². The van der Waals surface area contributed by atoms with Crippen LogP contribution < -0.4 is 5.32 Å². The fourth-order valence-corrected chi connectivity index (χ4v) is 3.27. The van der Waals surface area contributed by atoms with Crippen molar-refractivity contribution in [1.29, 1.82) is 0 Å². The molecule has 1 aromatic heterocycles. The standard InChI is InChI=1S/C15H27NS/c1-5-7-8-9-15(16-10-6-2)14-11-12(3)17-13(14)4/h11,15-16H,5-10H2,1-4H3. The molecule has 0 aliphatic carbocycles. The van der Waals surface area contributed by atoms with E-state index < -0.39 is 0 Å². The van der Waals surface area contributed by atoms with Crippen LogP contribution in [0.4, 0.5) is 0 Å². The van der Waals surface area contributed by atoms with Crippen LogP contribution in [0, 0.1) is 13.8 Å². The van der Waals surface area contributed by atoms with Crippen LogP contribution in [0.2, 0.25) is 0 Å². The third-order valence-corrected chi connectivity index (χ3v) is 4.17. The Kier molecular flexibility index (Phi) is 6.83. The fourth-order valence-electron chi connectivity index (χ4n) is 2.28. The summed E-state index contributed by atoms with van der Waals surface area (Å²) in [6.45, 7) is 10.1. The van der Waals surface area contributed by atoms with Gasteiger partial charge in [0.05, 0.1) is 0 Å². The molecule has 1 atom stereocenters. The molecule has 0 aromatic carbocycles. The van der Waals surface area contributed by atoms with Gasteiger partial charge in [-0.2, -0.15) is 0 Å². The van der Waals surface area contributed by atoms with E-state index in [9.17, 15) is 0 Å². The van der Waals surface area contributed by atoms with Gasteiger partial charge in [-0.3, -0.25) is 0 Å². The van der Waals surface area contributed by atoms with E-state index in [0.717, 1.165) is 6.54 Å². The lowest BCUT2D eigenvalue weighted by molar-refractivity contribution is 0.474. The molecule has 1 rings (SSSR count). The van der Waals surface area contributed by atoms with Crippen LogP contribution in [0.15, 0.2) is 6.07 Å². The van der Waals surface area contributed by atoms with Crippen molar-refractivity contribution in [3.05, 3.63) is 21.4 Å². The van der Waals surface area contributed by atoms with E-state index in [-0.39, 0.29) is 0 Å². The Bertz CT molecular complexity index is 317. The Morgan fingerprint density at radius 1 is 1.18 bits per heavy atom. The highest BCUT2D eigenvalue weighted by Gasteiger charge is 2.14. The first-order valence-corrected chi connectivity index (χ1v) is 7.81.